The molecule has 0 unspecified atom stereocenters. The molecule has 0 spiro atoms. The normalized spacial score (nSPS) is 10.5. The predicted octanol–water partition coefficient (Wildman–Crippen LogP) is 3.26. The summed E-state index contributed by atoms with van der Waals surface area (Å²) in [5.74, 6) is -2.34. The Bertz CT molecular complexity index is 1070. The van der Waals surface area contributed by atoms with E-state index in [1.54, 1.807) is 19.4 Å². The van der Waals surface area contributed by atoms with E-state index in [2.05, 4.69) is 10.4 Å². The van der Waals surface area contributed by atoms with E-state index in [9.17, 15) is 18.8 Å². The number of rotatable bonds is 7. The number of hydrogen-bond acceptors (Lipinski definition) is 7. The monoisotopic (exact) mass is 431 g/mol. The number of nitrogens with zero attached hydrogens (tertiary/aromatic N) is 2. The van der Waals surface area contributed by atoms with E-state index in [0.29, 0.717) is 11.1 Å². The van der Waals surface area contributed by atoms with Gasteiger partial charge in [0.15, 0.2) is 6.61 Å². The molecule has 3 rings (SSSR count). The summed E-state index contributed by atoms with van der Waals surface area (Å²) >= 11 is 1.11. The largest absolute Gasteiger partial charge is 0.462 e. The number of aryl methyl sites for hydroxylation is 1. The number of halogens is 1. The highest BCUT2D eigenvalue weighted by Crippen LogP contribution is 2.36. The number of anilines is 1. The molecule has 0 aliphatic carbocycles. The molecule has 1 N–H and O–H groups in total. The second-order valence-electron chi connectivity index (χ2n) is 6.11. The van der Waals surface area contributed by atoms with Gasteiger partial charge in [-0.1, -0.05) is 12.1 Å². The second kappa shape index (κ2) is 9.31. The number of hydrogen-bond donors (Lipinski definition) is 1. The maximum atomic E-state index is 13.2. The van der Waals surface area contributed by atoms with Gasteiger partial charge >= 0.3 is 11.9 Å². The number of esters is 2. The lowest BCUT2D eigenvalue weighted by molar-refractivity contribution is -0.119. The summed E-state index contributed by atoms with van der Waals surface area (Å²) < 4.78 is 24.7. The van der Waals surface area contributed by atoms with E-state index in [-0.39, 0.29) is 22.7 Å². The van der Waals surface area contributed by atoms with Crippen LogP contribution < -0.4 is 5.32 Å². The van der Waals surface area contributed by atoms with Crippen LogP contribution in [0.3, 0.4) is 0 Å². The standard InChI is InChI=1S/C20H18FN3O5S/c1-3-28-20(27)17-15(12-4-6-14(21)7-5-12)11-30-18(17)23-16(25)10-29-19(26)13-8-22-24(2)9-13/h4-9,11H,3,10H2,1-2H3,(H,23,25). The van der Waals surface area contributed by atoms with Gasteiger partial charge in [-0.05, 0) is 24.6 Å². The third-order valence-electron chi connectivity index (χ3n) is 3.95. The van der Waals surface area contributed by atoms with Crippen LogP contribution in [-0.4, -0.2) is 40.8 Å². The van der Waals surface area contributed by atoms with Crippen LogP contribution in [0.1, 0.15) is 27.6 Å². The Kier molecular flexibility index (Phi) is 6.58. The SMILES string of the molecule is CCOC(=O)c1c(-c2ccc(F)cc2)csc1NC(=O)COC(=O)c1cnn(C)c1. The molecule has 2 heterocycles. The van der Waals surface area contributed by atoms with Crippen molar-refractivity contribution in [2.75, 3.05) is 18.5 Å². The number of carbonyl (C=O) groups excluding carboxylic acids is 3. The summed E-state index contributed by atoms with van der Waals surface area (Å²) in [4.78, 5) is 36.7. The summed E-state index contributed by atoms with van der Waals surface area (Å²) in [6.45, 7) is 1.27. The van der Waals surface area contributed by atoms with E-state index in [1.165, 1.54) is 41.3 Å². The predicted molar refractivity (Wildman–Crippen MR) is 108 cm³/mol. The Morgan fingerprint density at radius 1 is 1.17 bits per heavy atom. The Hall–Kier alpha value is -3.53. The number of benzene rings is 1. The van der Waals surface area contributed by atoms with Crippen LogP contribution in [0.2, 0.25) is 0 Å². The van der Waals surface area contributed by atoms with Crippen LogP contribution in [0.5, 0.6) is 0 Å². The van der Waals surface area contributed by atoms with Crippen LogP contribution in [0.15, 0.2) is 42.0 Å². The minimum Gasteiger partial charge on any atom is -0.462 e. The van der Waals surface area contributed by atoms with E-state index < -0.39 is 30.3 Å². The Morgan fingerprint density at radius 2 is 1.90 bits per heavy atom. The van der Waals surface area contributed by atoms with Crippen molar-refractivity contribution in [3.05, 3.63) is 59.0 Å². The average Bonchev–Trinajstić information content (AvgIpc) is 3.33. The molecule has 0 saturated heterocycles. The topological polar surface area (TPSA) is 99.5 Å². The lowest BCUT2D eigenvalue weighted by Crippen LogP contribution is -2.21. The molecule has 3 aromatic rings. The number of aromatic nitrogens is 2. The number of ether oxygens (including phenoxy) is 2. The minimum absolute atomic E-state index is 0.146. The van der Waals surface area contributed by atoms with Crippen molar-refractivity contribution in [2.24, 2.45) is 7.05 Å². The smallest absolute Gasteiger partial charge is 0.341 e. The third kappa shape index (κ3) is 4.90. The van der Waals surface area contributed by atoms with E-state index in [0.717, 1.165) is 11.3 Å². The van der Waals surface area contributed by atoms with E-state index in [1.807, 2.05) is 0 Å². The zero-order valence-electron chi connectivity index (χ0n) is 16.2. The summed E-state index contributed by atoms with van der Waals surface area (Å²) in [5.41, 5.74) is 1.47. The Labute approximate surface area is 175 Å². The quantitative estimate of drug-likeness (QED) is 0.577. The van der Waals surface area contributed by atoms with Gasteiger partial charge in [0, 0.05) is 24.2 Å². The maximum Gasteiger partial charge on any atom is 0.341 e. The molecule has 0 saturated carbocycles. The lowest BCUT2D eigenvalue weighted by Gasteiger charge is -2.09. The van der Waals surface area contributed by atoms with Crippen LogP contribution in [0, 0.1) is 5.82 Å². The lowest BCUT2D eigenvalue weighted by atomic mass is 10.0. The van der Waals surface area contributed by atoms with Crippen LogP contribution in [-0.2, 0) is 21.3 Å². The Balaban J connectivity index is 1.76. The van der Waals surface area contributed by atoms with Crippen molar-refractivity contribution in [1.29, 1.82) is 0 Å². The second-order valence-corrected chi connectivity index (χ2v) is 6.99. The number of thiophene rings is 1. The van der Waals surface area contributed by atoms with E-state index in [4.69, 9.17) is 9.47 Å². The Morgan fingerprint density at radius 3 is 2.53 bits per heavy atom. The molecule has 0 fully saturated rings. The van der Waals surface area contributed by atoms with Gasteiger partial charge in [0.2, 0.25) is 0 Å². The fraction of sp³-hybridized carbons (Fsp3) is 0.200. The molecule has 8 nitrogen and oxygen atoms in total. The first-order valence-electron chi connectivity index (χ1n) is 8.89. The van der Waals surface area contributed by atoms with Gasteiger partial charge in [0.25, 0.3) is 5.91 Å². The van der Waals surface area contributed by atoms with Gasteiger partial charge in [-0.2, -0.15) is 5.10 Å². The molecule has 1 amide bonds. The van der Waals surface area contributed by atoms with Gasteiger partial charge in [-0.25, -0.2) is 14.0 Å². The van der Waals surface area contributed by atoms with Crippen molar-refractivity contribution in [2.45, 2.75) is 6.92 Å². The summed E-state index contributed by atoms with van der Waals surface area (Å²) in [5, 5.41) is 8.34. The molecule has 156 valence electrons. The molecular formula is C20H18FN3O5S. The number of amides is 1. The number of nitrogens with one attached hydrogen (secondary N) is 1. The van der Waals surface area contributed by atoms with Gasteiger partial charge < -0.3 is 14.8 Å². The van der Waals surface area contributed by atoms with Crippen molar-refractivity contribution in [3.8, 4) is 11.1 Å². The zero-order valence-corrected chi connectivity index (χ0v) is 17.0. The molecular weight excluding hydrogens is 413 g/mol. The molecule has 10 heteroatoms. The summed E-state index contributed by atoms with van der Waals surface area (Å²) in [6, 6.07) is 5.61. The van der Waals surface area contributed by atoms with Crippen LogP contribution >= 0.6 is 11.3 Å². The van der Waals surface area contributed by atoms with Gasteiger partial charge in [0.05, 0.1) is 18.4 Å². The van der Waals surface area contributed by atoms with Crippen LogP contribution in [0.4, 0.5) is 9.39 Å². The first kappa shape index (κ1) is 21.2. The van der Waals surface area contributed by atoms with Crippen molar-refractivity contribution in [3.63, 3.8) is 0 Å². The van der Waals surface area contributed by atoms with E-state index >= 15 is 0 Å². The fourth-order valence-corrected chi connectivity index (χ4v) is 3.58. The van der Waals surface area contributed by atoms with Crippen molar-refractivity contribution < 1.29 is 28.2 Å². The van der Waals surface area contributed by atoms with Crippen molar-refractivity contribution in [1.82, 2.24) is 9.78 Å². The van der Waals surface area contributed by atoms with Crippen molar-refractivity contribution >= 4 is 34.2 Å². The van der Waals surface area contributed by atoms with Gasteiger partial charge in [-0.15, -0.1) is 11.3 Å². The third-order valence-corrected chi connectivity index (χ3v) is 4.85. The van der Waals surface area contributed by atoms with Crippen LogP contribution in [0.25, 0.3) is 11.1 Å². The molecule has 2 aromatic heterocycles. The molecule has 0 atom stereocenters. The first-order chi connectivity index (χ1) is 14.4. The molecule has 30 heavy (non-hydrogen) atoms. The average molecular weight is 431 g/mol. The molecule has 0 aliphatic heterocycles. The highest BCUT2D eigenvalue weighted by molar-refractivity contribution is 7.15. The maximum absolute atomic E-state index is 13.2. The minimum atomic E-state index is -0.693. The number of carbonyl (C=O) groups is 3. The van der Waals surface area contributed by atoms with Gasteiger partial charge in [0.1, 0.15) is 16.4 Å². The fourth-order valence-electron chi connectivity index (χ4n) is 2.60. The highest BCUT2D eigenvalue weighted by atomic mass is 32.1. The molecule has 0 bridgehead atoms. The zero-order chi connectivity index (χ0) is 21.7. The highest BCUT2D eigenvalue weighted by Gasteiger charge is 2.23. The molecule has 0 aliphatic rings. The molecule has 1 aromatic carbocycles. The van der Waals surface area contributed by atoms with Gasteiger partial charge in [-0.3, -0.25) is 9.48 Å². The summed E-state index contributed by atoms with van der Waals surface area (Å²) in [6.07, 6.45) is 2.79. The first-order valence-corrected chi connectivity index (χ1v) is 9.77. The summed E-state index contributed by atoms with van der Waals surface area (Å²) in [7, 11) is 1.65. The molecule has 0 radical (unpaired) electrons.